The third-order valence-corrected chi connectivity index (χ3v) is 3.29. The number of halogens is 1. The van der Waals surface area contributed by atoms with E-state index >= 15 is 0 Å². The number of anilines is 2. The summed E-state index contributed by atoms with van der Waals surface area (Å²) in [5.74, 6) is -0.498. The van der Waals surface area contributed by atoms with Crippen LogP contribution in [0.4, 0.5) is 16.4 Å². The van der Waals surface area contributed by atoms with Crippen molar-refractivity contribution in [3.05, 3.63) is 46.7 Å². The highest BCUT2D eigenvalue weighted by molar-refractivity contribution is 7.94. The van der Waals surface area contributed by atoms with Gasteiger partial charge in [0.1, 0.15) is 0 Å². The maximum Gasteiger partial charge on any atom is 0.445 e. The van der Waals surface area contributed by atoms with E-state index in [2.05, 4.69) is 31.2 Å². The van der Waals surface area contributed by atoms with Gasteiger partial charge in [-0.3, -0.25) is 4.79 Å². The summed E-state index contributed by atoms with van der Waals surface area (Å²) in [7, 11) is 0. The van der Waals surface area contributed by atoms with Crippen molar-refractivity contribution in [3.8, 4) is 0 Å². The van der Waals surface area contributed by atoms with Crippen LogP contribution in [-0.2, 0) is 10.7 Å². The SMILES string of the molecule is C=NC(=O)OSC.Nc1nc(N)c(C(=O)NCc2ccccc2)nc1Cl. The standard InChI is InChI=1S/C12H12ClN5O.C3H5NO2S/c13-9-11(15)18-10(14)8(17-9)12(19)16-6-7-4-2-1-3-5-7;1-4-3(5)6-7-2/h1-5H,6H2,(H,16,19)(H4,14,15,18);1H2,2H3. The molecule has 11 heteroatoms. The summed E-state index contributed by atoms with van der Waals surface area (Å²) in [5.41, 5.74) is 12.0. The number of nitrogen functional groups attached to an aromatic ring is 2. The Bertz CT molecular complexity index is 775. The lowest BCUT2D eigenvalue weighted by Crippen LogP contribution is -2.25. The Balaban J connectivity index is 0.000000412. The molecule has 0 aliphatic carbocycles. The van der Waals surface area contributed by atoms with E-state index in [-0.39, 0.29) is 22.5 Å². The summed E-state index contributed by atoms with van der Waals surface area (Å²) < 4.78 is 4.24. The highest BCUT2D eigenvalue weighted by Gasteiger charge is 2.15. The highest BCUT2D eigenvalue weighted by Crippen LogP contribution is 2.17. The minimum absolute atomic E-state index is 0.00113. The molecule has 0 saturated heterocycles. The molecule has 26 heavy (non-hydrogen) atoms. The third-order valence-electron chi connectivity index (χ3n) is 2.70. The number of carbonyl (C=O) groups excluding carboxylic acids is 2. The summed E-state index contributed by atoms with van der Waals surface area (Å²) in [6.07, 6.45) is 0.982. The van der Waals surface area contributed by atoms with Gasteiger partial charge in [0.25, 0.3) is 5.91 Å². The maximum atomic E-state index is 11.9. The molecule has 0 spiro atoms. The van der Waals surface area contributed by atoms with Crippen LogP contribution in [-0.4, -0.2) is 34.9 Å². The second-order valence-corrected chi connectivity index (χ2v) is 5.33. The van der Waals surface area contributed by atoms with E-state index in [1.54, 1.807) is 6.26 Å². The maximum absolute atomic E-state index is 11.9. The number of nitrogens with zero attached hydrogens (tertiary/aromatic N) is 3. The van der Waals surface area contributed by atoms with Crippen LogP contribution < -0.4 is 16.8 Å². The van der Waals surface area contributed by atoms with E-state index in [0.29, 0.717) is 6.54 Å². The Morgan fingerprint density at radius 1 is 1.27 bits per heavy atom. The van der Waals surface area contributed by atoms with E-state index in [4.69, 9.17) is 23.1 Å². The number of hydrogen-bond donors (Lipinski definition) is 3. The number of benzene rings is 1. The first kappa shape index (κ1) is 21.2. The molecule has 0 aliphatic heterocycles. The van der Waals surface area contributed by atoms with Gasteiger partial charge in [0.2, 0.25) is 0 Å². The van der Waals surface area contributed by atoms with Crippen LogP contribution in [0.3, 0.4) is 0 Å². The van der Waals surface area contributed by atoms with Gasteiger partial charge in [0.05, 0.1) is 12.0 Å². The number of aromatic nitrogens is 2. The van der Waals surface area contributed by atoms with Gasteiger partial charge < -0.3 is 21.0 Å². The number of carbonyl (C=O) groups is 2. The summed E-state index contributed by atoms with van der Waals surface area (Å²) in [4.78, 5) is 32.4. The Hall–Kier alpha value is -2.85. The molecule has 1 aromatic carbocycles. The summed E-state index contributed by atoms with van der Waals surface area (Å²) in [6.45, 7) is 3.31. The molecule has 2 amide bonds. The van der Waals surface area contributed by atoms with Crippen molar-refractivity contribution in [2.75, 3.05) is 17.7 Å². The summed E-state index contributed by atoms with van der Waals surface area (Å²) in [6, 6.07) is 9.45. The van der Waals surface area contributed by atoms with Gasteiger partial charge in [-0.15, -0.1) is 0 Å². The molecule has 0 saturated carbocycles. The monoisotopic (exact) mass is 396 g/mol. The molecular weight excluding hydrogens is 380 g/mol. The number of amides is 2. The normalized spacial score (nSPS) is 9.46. The minimum Gasteiger partial charge on any atom is -0.382 e. The first-order valence-electron chi connectivity index (χ1n) is 7.01. The largest absolute Gasteiger partial charge is 0.445 e. The average Bonchev–Trinajstić information content (AvgIpc) is 2.64. The zero-order valence-electron chi connectivity index (χ0n) is 13.8. The van der Waals surface area contributed by atoms with Gasteiger partial charge in [0, 0.05) is 12.8 Å². The molecule has 1 heterocycles. The molecule has 0 radical (unpaired) electrons. The fourth-order valence-corrected chi connectivity index (χ4v) is 1.89. The van der Waals surface area contributed by atoms with Gasteiger partial charge in [-0.1, -0.05) is 41.9 Å². The smallest absolute Gasteiger partial charge is 0.382 e. The molecule has 0 fully saturated rings. The van der Waals surface area contributed by atoms with Crippen LogP contribution in [0.25, 0.3) is 0 Å². The zero-order valence-corrected chi connectivity index (χ0v) is 15.4. The lowest BCUT2D eigenvalue weighted by molar-refractivity contribution is 0.0946. The van der Waals surface area contributed by atoms with E-state index < -0.39 is 12.0 Å². The Labute approximate surface area is 159 Å². The van der Waals surface area contributed by atoms with Gasteiger partial charge in [-0.05, 0) is 12.3 Å². The molecule has 0 aliphatic rings. The number of hydrogen-bond acceptors (Lipinski definition) is 8. The third kappa shape index (κ3) is 6.95. The first-order valence-corrected chi connectivity index (χ1v) is 8.53. The van der Waals surface area contributed by atoms with Crippen LogP contribution in [0, 0.1) is 0 Å². The molecule has 1 aromatic heterocycles. The molecule has 2 rings (SSSR count). The lowest BCUT2D eigenvalue weighted by atomic mass is 10.2. The first-order chi connectivity index (χ1) is 12.4. The molecule has 9 nitrogen and oxygen atoms in total. The second kappa shape index (κ2) is 10.9. The summed E-state index contributed by atoms with van der Waals surface area (Å²) in [5, 5.41) is 2.64. The Kier molecular flexibility index (Phi) is 8.88. The molecule has 138 valence electrons. The molecule has 2 aromatic rings. The number of rotatable bonds is 4. The predicted molar refractivity (Wildman–Crippen MR) is 103 cm³/mol. The molecular formula is C15H17ClN6O3S. The van der Waals surface area contributed by atoms with Crippen LogP contribution in [0.5, 0.6) is 0 Å². The second-order valence-electron chi connectivity index (χ2n) is 4.48. The van der Waals surface area contributed by atoms with Crippen LogP contribution in [0.15, 0.2) is 35.3 Å². The number of nitrogens with one attached hydrogen (secondary N) is 1. The highest BCUT2D eigenvalue weighted by atomic mass is 35.5. The van der Waals surface area contributed by atoms with Crippen molar-refractivity contribution >= 4 is 54.0 Å². The van der Waals surface area contributed by atoms with Crippen molar-refractivity contribution in [2.45, 2.75) is 6.54 Å². The van der Waals surface area contributed by atoms with Crippen molar-refractivity contribution in [3.63, 3.8) is 0 Å². The Morgan fingerprint density at radius 2 is 1.92 bits per heavy atom. The fraction of sp³-hybridized carbons (Fsp3) is 0.133. The van der Waals surface area contributed by atoms with Crippen LogP contribution >= 0.6 is 23.6 Å². The molecule has 0 unspecified atom stereocenters. The average molecular weight is 397 g/mol. The molecule has 0 bridgehead atoms. The molecule has 0 atom stereocenters. The Morgan fingerprint density at radius 3 is 2.46 bits per heavy atom. The quantitative estimate of drug-likeness (QED) is 0.527. The number of nitrogens with two attached hydrogens (primary N) is 2. The zero-order chi connectivity index (χ0) is 19.5. The predicted octanol–water partition coefficient (Wildman–Crippen LogP) is 2.33. The van der Waals surface area contributed by atoms with Gasteiger partial charge >= 0.3 is 6.09 Å². The fourth-order valence-electron chi connectivity index (χ4n) is 1.57. The van der Waals surface area contributed by atoms with Crippen molar-refractivity contribution < 1.29 is 13.8 Å². The van der Waals surface area contributed by atoms with Gasteiger partial charge in [0.15, 0.2) is 22.5 Å². The van der Waals surface area contributed by atoms with Crippen molar-refractivity contribution in [1.82, 2.24) is 15.3 Å². The van der Waals surface area contributed by atoms with E-state index in [1.807, 2.05) is 30.3 Å². The van der Waals surface area contributed by atoms with Crippen LogP contribution in [0.1, 0.15) is 16.1 Å². The van der Waals surface area contributed by atoms with E-state index in [9.17, 15) is 9.59 Å². The topological polar surface area (TPSA) is 146 Å². The summed E-state index contributed by atoms with van der Waals surface area (Å²) >= 11 is 6.66. The van der Waals surface area contributed by atoms with E-state index in [1.165, 1.54) is 0 Å². The minimum atomic E-state index is -0.646. The van der Waals surface area contributed by atoms with Crippen molar-refractivity contribution in [1.29, 1.82) is 0 Å². The molecule has 5 N–H and O–H groups in total. The van der Waals surface area contributed by atoms with Crippen molar-refractivity contribution in [2.24, 2.45) is 4.99 Å². The van der Waals surface area contributed by atoms with E-state index in [0.717, 1.165) is 17.6 Å². The van der Waals surface area contributed by atoms with Crippen LogP contribution in [0.2, 0.25) is 5.15 Å². The lowest BCUT2D eigenvalue weighted by Gasteiger charge is -2.07. The van der Waals surface area contributed by atoms with Gasteiger partial charge in [-0.2, -0.15) is 4.99 Å². The van der Waals surface area contributed by atoms with Gasteiger partial charge in [-0.25, -0.2) is 14.8 Å². The number of aliphatic imine (C=N–C) groups is 1.